The lowest BCUT2D eigenvalue weighted by Gasteiger charge is -2.22. The molecule has 1 amide bonds. The highest BCUT2D eigenvalue weighted by atomic mass is 35.5. The molecule has 1 aliphatic heterocycles. The van der Waals surface area contributed by atoms with Crippen LogP contribution in [0.25, 0.3) is 5.65 Å². The predicted molar refractivity (Wildman–Crippen MR) is 162 cm³/mol. The summed E-state index contributed by atoms with van der Waals surface area (Å²) in [4.78, 5) is 31.3. The van der Waals surface area contributed by atoms with Gasteiger partial charge in [0, 0.05) is 48.5 Å². The average Bonchev–Trinajstić information content (AvgIpc) is 3.87. The van der Waals surface area contributed by atoms with Crippen molar-refractivity contribution in [2.75, 3.05) is 42.7 Å². The van der Waals surface area contributed by atoms with E-state index in [0.29, 0.717) is 35.2 Å². The van der Waals surface area contributed by atoms with Gasteiger partial charge in [-0.2, -0.15) is 0 Å². The number of aromatic nitrogens is 4. The van der Waals surface area contributed by atoms with Crippen LogP contribution < -0.4 is 15.5 Å². The highest BCUT2D eigenvalue weighted by Crippen LogP contribution is 2.48. The Morgan fingerprint density at radius 3 is 2.71 bits per heavy atom. The van der Waals surface area contributed by atoms with Crippen LogP contribution in [0.3, 0.4) is 0 Å². The van der Waals surface area contributed by atoms with Gasteiger partial charge in [-0.05, 0) is 80.9 Å². The van der Waals surface area contributed by atoms with E-state index in [-0.39, 0.29) is 17.7 Å². The van der Waals surface area contributed by atoms with Gasteiger partial charge in [-0.15, -0.1) is 0 Å². The minimum absolute atomic E-state index is 0.0302. The zero-order valence-electron chi connectivity index (χ0n) is 23.4. The first kappa shape index (κ1) is 26.2. The zero-order valence-corrected chi connectivity index (χ0v) is 24.2. The third-order valence-corrected chi connectivity index (χ3v) is 8.89. The molecule has 4 heterocycles. The Kier molecular flexibility index (Phi) is 6.79. The van der Waals surface area contributed by atoms with E-state index < -0.39 is 0 Å². The van der Waals surface area contributed by atoms with Gasteiger partial charge >= 0.3 is 0 Å². The van der Waals surface area contributed by atoms with E-state index in [1.807, 2.05) is 24.3 Å². The molecule has 0 spiro atoms. The van der Waals surface area contributed by atoms with Gasteiger partial charge in [0.15, 0.2) is 5.65 Å². The second-order valence-electron chi connectivity index (χ2n) is 11.9. The number of fused-ring (bicyclic) bond motifs is 1. The first-order valence-electron chi connectivity index (χ1n) is 14.5. The molecular weight excluding hydrogens is 536 g/mol. The quantitative estimate of drug-likeness (QED) is 0.287. The van der Waals surface area contributed by atoms with E-state index >= 15 is 0 Å². The molecule has 3 atom stereocenters. The van der Waals surface area contributed by atoms with Crippen LogP contribution >= 0.6 is 11.6 Å². The Bertz CT molecular complexity index is 1600. The minimum atomic E-state index is -0.0730. The fourth-order valence-electron chi connectivity index (χ4n) is 6.01. The molecule has 41 heavy (non-hydrogen) atoms. The number of nitrogens with one attached hydrogen (secondary N) is 2. The molecule has 9 nitrogen and oxygen atoms in total. The van der Waals surface area contributed by atoms with E-state index in [1.54, 1.807) is 6.07 Å². The molecule has 0 unspecified atom stereocenters. The van der Waals surface area contributed by atoms with E-state index in [0.717, 1.165) is 42.8 Å². The summed E-state index contributed by atoms with van der Waals surface area (Å²) in [5, 5.41) is 7.02. The van der Waals surface area contributed by atoms with Gasteiger partial charge in [-0.25, -0.2) is 15.0 Å². The summed E-state index contributed by atoms with van der Waals surface area (Å²) in [5.41, 5.74) is 5.68. The molecule has 2 aliphatic carbocycles. The molecule has 3 fully saturated rings. The standard InChI is InChI=1S/C31H35ClN8O/c1-38(2)24-8-9-39(17-24)27-11-21(19-6-7-19)15-40-16-23(36-30(27)40)14-33-28-13-29(35-18-34-28)37-31(41)26-12-25(26)20-4-3-5-22(32)10-20/h3-5,10-11,13,15-16,18-19,24-26H,6-9,12,14,17H2,1-2H3,(H2,33,34,35,37,41)/t24-,25-,26+/m1/s1. The Hall–Kier alpha value is -3.69. The molecule has 0 bridgehead atoms. The summed E-state index contributed by atoms with van der Waals surface area (Å²) >= 11 is 6.13. The van der Waals surface area contributed by atoms with Gasteiger partial charge in [0.2, 0.25) is 5.91 Å². The summed E-state index contributed by atoms with van der Waals surface area (Å²) < 4.78 is 2.20. The van der Waals surface area contributed by atoms with Crippen molar-refractivity contribution in [1.82, 2.24) is 24.3 Å². The number of nitrogens with zero attached hydrogens (tertiary/aromatic N) is 6. The number of hydrogen-bond acceptors (Lipinski definition) is 7. The van der Waals surface area contributed by atoms with E-state index in [2.05, 4.69) is 67.4 Å². The van der Waals surface area contributed by atoms with Crippen LogP contribution in [0, 0.1) is 5.92 Å². The number of anilines is 3. The van der Waals surface area contributed by atoms with Crippen molar-refractivity contribution in [3.8, 4) is 0 Å². The first-order valence-corrected chi connectivity index (χ1v) is 14.8. The van der Waals surface area contributed by atoms with Crippen LogP contribution in [0.5, 0.6) is 0 Å². The number of amides is 1. The Morgan fingerprint density at radius 2 is 1.93 bits per heavy atom. The Balaban J connectivity index is 1.03. The van der Waals surface area contributed by atoms with Crippen LogP contribution in [0.2, 0.25) is 5.02 Å². The highest BCUT2D eigenvalue weighted by Gasteiger charge is 2.44. The number of carbonyl (C=O) groups excluding carboxylic acids is 1. The van der Waals surface area contributed by atoms with Gasteiger partial charge < -0.3 is 24.8 Å². The van der Waals surface area contributed by atoms with Gasteiger partial charge in [-0.1, -0.05) is 23.7 Å². The van der Waals surface area contributed by atoms with E-state index in [9.17, 15) is 4.79 Å². The number of pyridine rings is 1. The van der Waals surface area contributed by atoms with E-state index in [1.165, 1.54) is 30.4 Å². The number of benzene rings is 1. The fourth-order valence-corrected chi connectivity index (χ4v) is 6.20. The van der Waals surface area contributed by atoms with Gasteiger partial charge in [0.1, 0.15) is 18.0 Å². The van der Waals surface area contributed by atoms with Crippen LogP contribution in [-0.4, -0.2) is 63.4 Å². The maximum absolute atomic E-state index is 12.9. The summed E-state index contributed by atoms with van der Waals surface area (Å²) in [6.45, 7) is 2.58. The Labute approximate surface area is 244 Å². The second kappa shape index (κ2) is 10.6. The normalized spacial score (nSPS) is 22.0. The molecule has 2 N–H and O–H groups in total. The number of likely N-dealkylation sites (N-methyl/N-ethyl adjacent to an activating group) is 1. The number of rotatable bonds is 9. The maximum Gasteiger partial charge on any atom is 0.229 e. The van der Waals surface area contributed by atoms with Crippen LogP contribution in [0.1, 0.15) is 54.3 Å². The highest BCUT2D eigenvalue weighted by molar-refractivity contribution is 6.30. The maximum atomic E-state index is 12.9. The SMILES string of the molecule is CN(C)[C@@H]1CCN(c2cc(C3CC3)cn3cc(CNc4cc(NC(=O)[C@H]5C[C@@H]5c5cccc(Cl)c5)ncn4)nc23)C1. The molecule has 1 aromatic carbocycles. The smallest absolute Gasteiger partial charge is 0.229 e. The largest absolute Gasteiger partial charge is 0.367 e. The number of halogens is 1. The molecule has 3 aliphatic rings. The summed E-state index contributed by atoms with van der Waals surface area (Å²) in [7, 11) is 4.33. The molecule has 4 aromatic rings. The molecular formula is C31H35ClN8O. The minimum Gasteiger partial charge on any atom is -0.367 e. The van der Waals surface area contributed by atoms with Crippen molar-refractivity contribution >= 4 is 40.5 Å². The summed E-state index contributed by atoms with van der Waals surface area (Å²) in [6.07, 6.45) is 10.3. The van der Waals surface area contributed by atoms with E-state index in [4.69, 9.17) is 16.6 Å². The number of carbonyl (C=O) groups is 1. The van der Waals surface area contributed by atoms with Crippen molar-refractivity contribution in [3.63, 3.8) is 0 Å². The van der Waals surface area contributed by atoms with Crippen LogP contribution in [0.15, 0.2) is 55.1 Å². The molecule has 7 rings (SSSR count). The van der Waals surface area contributed by atoms with Gasteiger partial charge in [0.05, 0.1) is 17.9 Å². The van der Waals surface area contributed by atoms with Gasteiger partial charge in [-0.3, -0.25) is 4.79 Å². The first-order chi connectivity index (χ1) is 19.9. The van der Waals surface area contributed by atoms with Crippen molar-refractivity contribution in [3.05, 3.63) is 77.0 Å². The molecule has 1 saturated heterocycles. The molecule has 2 saturated carbocycles. The third kappa shape index (κ3) is 5.61. The lowest BCUT2D eigenvalue weighted by molar-refractivity contribution is -0.117. The molecule has 10 heteroatoms. The lowest BCUT2D eigenvalue weighted by atomic mass is 10.1. The summed E-state index contributed by atoms with van der Waals surface area (Å²) in [5.74, 6) is 1.89. The average molecular weight is 571 g/mol. The molecule has 3 aromatic heterocycles. The summed E-state index contributed by atoms with van der Waals surface area (Å²) in [6, 6.07) is 12.4. The molecule has 0 radical (unpaired) electrons. The van der Waals surface area contributed by atoms with Crippen molar-refractivity contribution < 1.29 is 4.79 Å². The predicted octanol–water partition coefficient (Wildman–Crippen LogP) is 5.15. The Morgan fingerprint density at radius 1 is 1.07 bits per heavy atom. The van der Waals surface area contributed by atoms with Crippen molar-refractivity contribution in [1.29, 1.82) is 0 Å². The lowest BCUT2D eigenvalue weighted by Crippen LogP contribution is -2.31. The monoisotopic (exact) mass is 570 g/mol. The number of imidazole rings is 1. The van der Waals surface area contributed by atoms with Crippen LogP contribution in [-0.2, 0) is 11.3 Å². The number of hydrogen-bond donors (Lipinski definition) is 2. The van der Waals surface area contributed by atoms with Crippen molar-refractivity contribution in [2.45, 2.75) is 50.1 Å². The van der Waals surface area contributed by atoms with Gasteiger partial charge in [0.25, 0.3) is 0 Å². The molecule has 212 valence electrons. The third-order valence-electron chi connectivity index (χ3n) is 8.66. The second-order valence-corrected chi connectivity index (χ2v) is 12.3. The van der Waals surface area contributed by atoms with Crippen molar-refractivity contribution in [2.24, 2.45) is 5.92 Å². The fraction of sp³-hybridized carbons (Fsp3) is 0.419. The van der Waals surface area contributed by atoms with Crippen LogP contribution in [0.4, 0.5) is 17.3 Å². The zero-order chi connectivity index (χ0) is 28.1. The topological polar surface area (TPSA) is 90.7 Å².